The molecule has 5 nitrogen and oxygen atoms in total. The molecule has 0 aromatic rings. The van der Waals surface area contributed by atoms with Crippen molar-refractivity contribution >= 4 is 11.9 Å². The van der Waals surface area contributed by atoms with Gasteiger partial charge in [0.2, 0.25) is 0 Å². The zero-order valence-electron chi connectivity index (χ0n) is 59.6. The number of carbonyl (C=O) groups is 2. The lowest BCUT2D eigenvalue weighted by Crippen LogP contribution is -2.28. The molecule has 0 aliphatic rings. The SMILES string of the molecule is CC/C=C\C/C=C\C/C=C\C/C=C\C/C=C\CCCCCCCCCCCCCCCCCCCCCCCCCCCC(=O)OC(CO)COC(=O)CCCCCCCCCCCCCCCCCCCCC/C=C\C/C=C\C/C=C\C/C=C\C/C=C\CC. The Morgan fingerprint density at radius 3 is 0.667 bits per heavy atom. The minimum atomic E-state index is -0.775. The summed E-state index contributed by atoms with van der Waals surface area (Å²) in [6, 6.07) is 0. The first-order chi connectivity index (χ1) is 44.6. The van der Waals surface area contributed by atoms with Crippen LogP contribution in [0.2, 0.25) is 0 Å². The second-order valence-corrected chi connectivity index (χ2v) is 26.0. The van der Waals surface area contributed by atoms with Crippen LogP contribution in [0.25, 0.3) is 0 Å². The molecule has 0 saturated heterocycles. The van der Waals surface area contributed by atoms with Crippen molar-refractivity contribution in [2.75, 3.05) is 13.2 Å². The molecule has 0 spiro atoms. The molecule has 1 N–H and O–H groups in total. The number of unbranched alkanes of at least 4 members (excludes halogenated alkanes) is 44. The number of aliphatic hydroxyl groups excluding tert-OH is 1. The zero-order valence-corrected chi connectivity index (χ0v) is 59.6. The Labute approximate surface area is 560 Å². The molecule has 0 bridgehead atoms. The van der Waals surface area contributed by atoms with Gasteiger partial charge in [-0.25, -0.2) is 0 Å². The Morgan fingerprint density at radius 1 is 0.256 bits per heavy atom. The Balaban J connectivity index is 3.40. The normalized spacial score (nSPS) is 12.9. The van der Waals surface area contributed by atoms with E-state index in [9.17, 15) is 14.7 Å². The number of rotatable bonds is 72. The van der Waals surface area contributed by atoms with Crippen molar-refractivity contribution in [3.8, 4) is 0 Å². The van der Waals surface area contributed by atoms with Crippen LogP contribution >= 0.6 is 0 Å². The minimum absolute atomic E-state index is 0.0639. The molecular weight excluding hydrogens is 1100 g/mol. The fraction of sp³-hybridized carbons (Fsp3) is 0.741. The molecule has 5 heteroatoms. The molecule has 0 heterocycles. The minimum Gasteiger partial charge on any atom is -0.462 e. The van der Waals surface area contributed by atoms with E-state index in [1.165, 1.54) is 257 Å². The molecule has 0 amide bonds. The average Bonchev–Trinajstić information content (AvgIpc) is 3.60. The number of esters is 2. The fourth-order valence-corrected chi connectivity index (χ4v) is 11.5. The number of ether oxygens (including phenoxy) is 2. The van der Waals surface area contributed by atoms with Gasteiger partial charge in [-0.15, -0.1) is 0 Å². The fourth-order valence-electron chi connectivity index (χ4n) is 11.5. The van der Waals surface area contributed by atoms with Crippen LogP contribution in [0.5, 0.6) is 0 Å². The smallest absolute Gasteiger partial charge is 0.306 e. The van der Waals surface area contributed by atoms with Gasteiger partial charge >= 0.3 is 11.9 Å². The first-order valence-electron chi connectivity index (χ1n) is 39.1. The van der Waals surface area contributed by atoms with Crippen molar-refractivity contribution in [1.29, 1.82) is 0 Å². The predicted octanol–water partition coefficient (Wildman–Crippen LogP) is 27.7. The van der Waals surface area contributed by atoms with Crippen LogP contribution in [0.1, 0.15) is 386 Å². The second-order valence-electron chi connectivity index (χ2n) is 26.0. The molecule has 1 atom stereocenters. The Hall–Kier alpha value is -3.70. The predicted molar refractivity (Wildman–Crippen MR) is 398 cm³/mol. The average molecular weight is 1250 g/mol. The topological polar surface area (TPSA) is 72.8 Å². The summed E-state index contributed by atoms with van der Waals surface area (Å²) >= 11 is 0. The monoisotopic (exact) mass is 1250 g/mol. The summed E-state index contributed by atoms with van der Waals surface area (Å²) in [6.07, 6.45) is 117. The van der Waals surface area contributed by atoms with Gasteiger partial charge in [-0.05, 0) is 103 Å². The molecule has 90 heavy (non-hydrogen) atoms. The molecule has 0 aliphatic heterocycles. The van der Waals surface area contributed by atoms with Crippen LogP contribution in [-0.4, -0.2) is 36.4 Å². The number of allylic oxidation sites excluding steroid dienone is 20. The van der Waals surface area contributed by atoms with E-state index in [-0.39, 0.29) is 25.2 Å². The summed E-state index contributed by atoms with van der Waals surface area (Å²) in [6.45, 7) is 3.96. The standard InChI is InChI=1S/C85H148O5/c1-3-5-7-9-11-13-15-17-19-21-23-25-27-29-31-33-35-37-39-40-41-42-43-44-46-48-50-52-54-56-58-60-62-64-66-68-70-72-74-76-78-80-85(88)90-83(81-86)82-89-84(87)79-77-75-73-71-69-67-65-63-61-59-57-55-53-51-49-47-45-38-36-34-32-30-28-26-24-22-20-18-16-14-12-10-8-6-4-2/h5-8,11-14,17-20,23-26,29-32,83,86H,3-4,9-10,15-16,21-22,27-28,33-82H2,1-2H3/b7-5-,8-6-,13-11-,14-12-,19-17-,20-18-,25-23-,26-24-,31-29-,32-30-. The van der Waals surface area contributed by atoms with Crippen LogP contribution in [0.15, 0.2) is 122 Å². The van der Waals surface area contributed by atoms with E-state index < -0.39 is 6.10 Å². The van der Waals surface area contributed by atoms with Gasteiger partial charge in [0, 0.05) is 12.8 Å². The third kappa shape index (κ3) is 76.8. The largest absolute Gasteiger partial charge is 0.462 e. The van der Waals surface area contributed by atoms with Gasteiger partial charge in [0.05, 0.1) is 6.61 Å². The summed E-state index contributed by atoms with van der Waals surface area (Å²) in [5, 5.41) is 9.73. The molecule has 518 valence electrons. The van der Waals surface area contributed by atoms with Crippen LogP contribution < -0.4 is 0 Å². The van der Waals surface area contributed by atoms with E-state index >= 15 is 0 Å². The van der Waals surface area contributed by atoms with E-state index in [1.54, 1.807) is 0 Å². The summed E-state index contributed by atoms with van der Waals surface area (Å²) in [5.41, 5.74) is 0. The third-order valence-electron chi connectivity index (χ3n) is 17.3. The van der Waals surface area contributed by atoms with Crippen molar-refractivity contribution in [3.05, 3.63) is 122 Å². The maximum atomic E-state index is 12.4. The summed E-state index contributed by atoms with van der Waals surface area (Å²) in [5.74, 6) is -0.572. The quantitative estimate of drug-likeness (QED) is 0.0373. The molecule has 0 aromatic heterocycles. The molecule has 0 aromatic carbocycles. The van der Waals surface area contributed by atoms with Crippen molar-refractivity contribution in [2.24, 2.45) is 0 Å². The zero-order chi connectivity index (χ0) is 64.7. The number of carbonyl (C=O) groups excluding carboxylic acids is 2. The lowest BCUT2D eigenvalue weighted by atomic mass is 10.0. The van der Waals surface area contributed by atoms with Crippen LogP contribution in [0.3, 0.4) is 0 Å². The van der Waals surface area contributed by atoms with E-state index in [0.29, 0.717) is 12.8 Å². The molecule has 0 aliphatic carbocycles. The van der Waals surface area contributed by atoms with E-state index in [4.69, 9.17) is 9.47 Å². The van der Waals surface area contributed by atoms with Gasteiger partial charge in [0.15, 0.2) is 6.10 Å². The highest BCUT2D eigenvalue weighted by Crippen LogP contribution is 2.19. The number of aliphatic hydroxyl groups is 1. The van der Waals surface area contributed by atoms with Gasteiger partial charge in [-0.2, -0.15) is 0 Å². The summed E-state index contributed by atoms with van der Waals surface area (Å²) in [4.78, 5) is 24.7. The molecule has 0 fully saturated rings. The molecular formula is C85H148O5. The lowest BCUT2D eigenvalue weighted by molar-refractivity contribution is -0.161. The van der Waals surface area contributed by atoms with Crippen LogP contribution in [0.4, 0.5) is 0 Å². The third-order valence-corrected chi connectivity index (χ3v) is 17.3. The van der Waals surface area contributed by atoms with Crippen molar-refractivity contribution in [2.45, 2.75) is 392 Å². The van der Waals surface area contributed by atoms with Gasteiger partial charge in [-0.3, -0.25) is 9.59 Å². The molecule has 0 saturated carbocycles. The molecule has 1 unspecified atom stereocenters. The first kappa shape index (κ1) is 86.3. The van der Waals surface area contributed by atoms with Crippen molar-refractivity contribution in [3.63, 3.8) is 0 Å². The van der Waals surface area contributed by atoms with Crippen molar-refractivity contribution in [1.82, 2.24) is 0 Å². The number of hydrogen-bond donors (Lipinski definition) is 1. The van der Waals surface area contributed by atoms with Crippen LogP contribution in [0, 0.1) is 0 Å². The van der Waals surface area contributed by atoms with E-state index in [0.717, 1.165) is 103 Å². The summed E-state index contributed by atoms with van der Waals surface area (Å²) < 4.78 is 10.8. The Morgan fingerprint density at radius 2 is 0.444 bits per heavy atom. The molecule has 0 radical (unpaired) electrons. The Bertz CT molecular complexity index is 1750. The van der Waals surface area contributed by atoms with E-state index in [1.807, 2.05) is 0 Å². The Kier molecular flexibility index (Phi) is 76.3. The lowest BCUT2D eigenvalue weighted by Gasteiger charge is -2.15. The highest BCUT2D eigenvalue weighted by atomic mass is 16.6. The van der Waals surface area contributed by atoms with Gasteiger partial charge in [-0.1, -0.05) is 392 Å². The van der Waals surface area contributed by atoms with Gasteiger partial charge < -0.3 is 14.6 Å². The highest BCUT2D eigenvalue weighted by molar-refractivity contribution is 5.70. The first-order valence-corrected chi connectivity index (χ1v) is 39.1. The highest BCUT2D eigenvalue weighted by Gasteiger charge is 2.16. The van der Waals surface area contributed by atoms with Crippen molar-refractivity contribution < 1.29 is 24.2 Å². The van der Waals surface area contributed by atoms with E-state index in [2.05, 4.69) is 135 Å². The maximum Gasteiger partial charge on any atom is 0.306 e. The molecule has 0 rings (SSSR count). The number of hydrogen-bond acceptors (Lipinski definition) is 5. The second kappa shape index (κ2) is 79.5. The van der Waals surface area contributed by atoms with Gasteiger partial charge in [0.1, 0.15) is 6.61 Å². The van der Waals surface area contributed by atoms with Gasteiger partial charge in [0.25, 0.3) is 0 Å². The maximum absolute atomic E-state index is 12.4. The summed E-state index contributed by atoms with van der Waals surface area (Å²) in [7, 11) is 0. The van der Waals surface area contributed by atoms with Crippen LogP contribution in [-0.2, 0) is 19.1 Å².